The molecular weight excluding hydrogens is 403 g/mol. The lowest BCUT2D eigenvalue weighted by molar-refractivity contribution is -0.276. The molecule has 0 saturated carbocycles. The van der Waals surface area contributed by atoms with Gasteiger partial charge in [0.1, 0.15) is 18.3 Å². The highest BCUT2D eigenvalue weighted by molar-refractivity contribution is 8.05. The third kappa shape index (κ3) is 4.94. The van der Waals surface area contributed by atoms with E-state index in [9.17, 15) is 19.7 Å². The lowest BCUT2D eigenvalue weighted by Gasteiger charge is -2.37. The number of aliphatic hydroxyl groups is 3. The molecule has 2 aromatic rings. The average Bonchev–Trinajstić information content (AvgIpc) is 3.11. The summed E-state index contributed by atoms with van der Waals surface area (Å²) >= 11 is 3.15. The molecule has 1 aromatic carbocycles. The van der Waals surface area contributed by atoms with Gasteiger partial charge in [0.2, 0.25) is 6.29 Å². The molecular formula is C20H23FO5S2. The lowest BCUT2D eigenvalue weighted by atomic mass is 10.0. The third-order valence-corrected chi connectivity index (χ3v) is 6.38. The topological polar surface area (TPSA) is 79.2 Å². The Morgan fingerprint density at radius 2 is 2.11 bits per heavy atom. The van der Waals surface area contributed by atoms with Crippen molar-refractivity contribution in [2.75, 3.05) is 6.61 Å². The minimum absolute atomic E-state index is 0.615. The van der Waals surface area contributed by atoms with E-state index in [1.54, 1.807) is 11.3 Å². The van der Waals surface area contributed by atoms with Crippen LogP contribution in [0.3, 0.4) is 0 Å². The van der Waals surface area contributed by atoms with Gasteiger partial charge in [-0.25, -0.2) is 4.39 Å². The standard InChI is InChI=1S/C20H23FO5S2/c1-2-7-27-14(9-13-8-12-5-3-4-6-16(12)28-13)11-25-20-19(24)18(23)17(21)15(10-22)26-20/h2-8,11,15,17-20,22-24H,9-10H2,1H3/b7-2-,14-11+. The van der Waals surface area contributed by atoms with E-state index in [2.05, 4.69) is 18.2 Å². The van der Waals surface area contributed by atoms with E-state index in [-0.39, 0.29) is 0 Å². The highest BCUT2D eigenvalue weighted by Gasteiger charge is 2.45. The minimum atomic E-state index is -1.88. The molecule has 5 nitrogen and oxygen atoms in total. The maximum atomic E-state index is 13.8. The fourth-order valence-electron chi connectivity index (χ4n) is 2.86. The molecule has 1 aliphatic heterocycles. The molecule has 3 rings (SSSR count). The molecule has 0 amide bonds. The number of thiophene rings is 1. The van der Waals surface area contributed by atoms with Gasteiger partial charge in [-0.1, -0.05) is 36.0 Å². The van der Waals surface area contributed by atoms with Gasteiger partial charge < -0.3 is 24.8 Å². The Labute approximate surface area is 171 Å². The Kier molecular flexibility index (Phi) is 7.50. The molecule has 1 fully saturated rings. The molecule has 3 N–H and O–H groups in total. The van der Waals surface area contributed by atoms with Crippen molar-refractivity contribution in [3.05, 3.63) is 57.9 Å². The van der Waals surface area contributed by atoms with E-state index in [0.717, 1.165) is 9.78 Å². The zero-order valence-electron chi connectivity index (χ0n) is 15.3. The van der Waals surface area contributed by atoms with E-state index < -0.39 is 37.4 Å². The van der Waals surface area contributed by atoms with E-state index in [1.165, 1.54) is 28.1 Å². The molecule has 1 aromatic heterocycles. The van der Waals surface area contributed by atoms with Gasteiger partial charge in [0, 0.05) is 20.9 Å². The maximum absolute atomic E-state index is 13.8. The molecule has 0 bridgehead atoms. The number of aliphatic hydroxyl groups excluding tert-OH is 3. The molecule has 5 atom stereocenters. The predicted molar refractivity (Wildman–Crippen MR) is 110 cm³/mol. The summed E-state index contributed by atoms with van der Waals surface area (Å²) in [5, 5.41) is 32.1. The Balaban J connectivity index is 1.74. The quantitative estimate of drug-likeness (QED) is 0.590. The SMILES string of the molecule is C/C=C\S/C(=C/OC1OC(CO)C(F)C(O)C1O)Cc1cc2ccccc2s1. The molecule has 0 aliphatic carbocycles. The predicted octanol–water partition coefficient (Wildman–Crippen LogP) is 3.35. The van der Waals surface area contributed by atoms with E-state index in [1.807, 2.05) is 30.5 Å². The molecule has 0 spiro atoms. The van der Waals surface area contributed by atoms with Crippen molar-refractivity contribution in [2.45, 2.75) is 44.1 Å². The lowest BCUT2D eigenvalue weighted by Crippen LogP contribution is -2.57. The van der Waals surface area contributed by atoms with Crippen molar-refractivity contribution < 1.29 is 29.2 Å². The zero-order valence-corrected chi connectivity index (χ0v) is 16.9. The van der Waals surface area contributed by atoms with Crippen molar-refractivity contribution in [3.63, 3.8) is 0 Å². The van der Waals surface area contributed by atoms with E-state index >= 15 is 0 Å². The minimum Gasteiger partial charge on any atom is -0.469 e. The Morgan fingerprint density at radius 3 is 2.82 bits per heavy atom. The highest BCUT2D eigenvalue weighted by atomic mass is 32.2. The van der Waals surface area contributed by atoms with Gasteiger partial charge in [0.15, 0.2) is 6.17 Å². The monoisotopic (exact) mass is 426 g/mol. The third-order valence-electron chi connectivity index (χ3n) is 4.31. The van der Waals surface area contributed by atoms with Crippen LogP contribution in [-0.4, -0.2) is 52.7 Å². The normalized spacial score (nSPS) is 28.9. The fraction of sp³-hybridized carbons (Fsp3) is 0.400. The Morgan fingerprint density at radius 1 is 1.32 bits per heavy atom. The van der Waals surface area contributed by atoms with Crippen LogP contribution in [0.4, 0.5) is 4.39 Å². The zero-order chi connectivity index (χ0) is 20.1. The smallest absolute Gasteiger partial charge is 0.228 e. The van der Waals surface area contributed by atoms with Crippen LogP contribution in [0, 0.1) is 0 Å². The van der Waals surface area contributed by atoms with Gasteiger partial charge in [-0.3, -0.25) is 0 Å². The summed E-state index contributed by atoms with van der Waals surface area (Å²) in [5.74, 6) is 0. The molecule has 5 unspecified atom stereocenters. The number of benzene rings is 1. The largest absolute Gasteiger partial charge is 0.469 e. The average molecular weight is 427 g/mol. The highest BCUT2D eigenvalue weighted by Crippen LogP contribution is 2.31. The first-order valence-electron chi connectivity index (χ1n) is 8.89. The van der Waals surface area contributed by atoms with Crippen LogP contribution < -0.4 is 0 Å². The van der Waals surface area contributed by atoms with Crippen LogP contribution in [0.5, 0.6) is 0 Å². The summed E-state index contributed by atoms with van der Waals surface area (Å²) in [4.78, 5) is 2.01. The Hall–Kier alpha value is -1.42. The summed E-state index contributed by atoms with van der Waals surface area (Å²) in [6.45, 7) is 1.29. The molecule has 1 saturated heterocycles. The molecule has 2 heterocycles. The summed E-state index contributed by atoms with van der Waals surface area (Å²) in [6.07, 6.45) is -3.63. The number of hydrogen-bond acceptors (Lipinski definition) is 7. The maximum Gasteiger partial charge on any atom is 0.228 e. The molecule has 0 radical (unpaired) electrons. The van der Waals surface area contributed by atoms with Crippen molar-refractivity contribution in [2.24, 2.45) is 0 Å². The summed E-state index contributed by atoms with van der Waals surface area (Å²) in [5.41, 5.74) is 0. The molecule has 8 heteroatoms. The number of allylic oxidation sites excluding steroid dienone is 2. The molecule has 1 aliphatic rings. The van der Waals surface area contributed by atoms with Crippen molar-refractivity contribution in [1.82, 2.24) is 0 Å². The first kappa shape index (κ1) is 21.3. The number of ether oxygens (including phenoxy) is 2. The second-order valence-electron chi connectivity index (χ2n) is 6.39. The molecule has 28 heavy (non-hydrogen) atoms. The summed E-state index contributed by atoms with van der Waals surface area (Å²) < 4.78 is 25.8. The van der Waals surface area contributed by atoms with Gasteiger partial charge in [-0.2, -0.15) is 0 Å². The fourth-order valence-corrected chi connectivity index (χ4v) is 4.70. The second-order valence-corrected chi connectivity index (χ2v) is 8.59. The number of alkyl halides is 1. The van der Waals surface area contributed by atoms with Gasteiger partial charge in [-0.15, -0.1) is 11.3 Å². The van der Waals surface area contributed by atoms with E-state index in [4.69, 9.17) is 9.47 Å². The van der Waals surface area contributed by atoms with E-state index in [0.29, 0.717) is 6.42 Å². The Bertz CT molecular complexity index is 802. The number of hydrogen-bond donors (Lipinski definition) is 3. The number of halogens is 1. The first-order valence-corrected chi connectivity index (χ1v) is 10.6. The van der Waals surface area contributed by atoms with Crippen LogP contribution in [0.2, 0.25) is 0 Å². The van der Waals surface area contributed by atoms with Gasteiger partial charge in [0.05, 0.1) is 12.9 Å². The van der Waals surface area contributed by atoms with Crippen molar-refractivity contribution >= 4 is 33.2 Å². The van der Waals surface area contributed by atoms with Gasteiger partial charge in [-0.05, 0) is 29.9 Å². The summed E-state index contributed by atoms with van der Waals surface area (Å²) in [7, 11) is 0. The molecule has 152 valence electrons. The van der Waals surface area contributed by atoms with Gasteiger partial charge in [0.25, 0.3) is 0 Å². The second kappa shape index (κ2) is 9.87. The first-order chi connectivity index (χ1) is 13.5. The number of thioether (sulfide) groups is 1. The summed E-state index contributed by atoms with van der Waals surface area (Å²) in [6, 6.07) is 10.2. The van der Waals surface area contributed by atoms with Gasteiger partial charge >= 0.3 is 0 Å². The van der Waals surface area contributed by atoms with Crippen LogP contribution in [0.15, 0.2) is 53.0 Å². The van der Waals surface area contributed by atoms with Crippen molar-refractivity contribution in [3.8, 4) is 0 Å². The van der Waals surface area contributed by atoms with Crippen LogP contribution in [-0.2, 0) is 15.9 Å². The van der Waals surface area contributed by atoms with Crippen LogP contribution >= 0.6 is 23.1 Å². The number of fused-ring (bicyclic) bond motifs is 1. The number of rotatable bonds is 7. The van der Waals surface area contributed by atoms with Crippen molar-refractivity contribution in [1.29, 1.82) is 0 Å². The van der Waals surface area contributed by atoms with Crippen LogP contribution in [0.25, 0.3) is 10.1 Å². The van der Waals surface area contributed by atoms with Crippen LogP contribution in [0.1, 0.15) is 11.8 Å².